The third-order valence-electron chi connectivity index (χ3n) is 2.80. The van der Waals surface area contributed by atoms with E-state index < -0.39 is 0 Å². The Balaban J connectivity index is 1.70. The molecule has 0 aliphatic carbocycles. The van der Waals surface area contributed by atoms with Gasteiger partial charge in [0.15, 0.2) is 5.82 Å². The zero-order valence-corrected chi connectivity index (χ0v) is 12.6. The van der Waals surface area contributed by atoms with Crippen molar-refractivity contribution in [2.24, 2.45) is 0 Å². The number of H-pyrrole nitrogens is 1. The van der Waals surface area contributed by atoms with Crippen LogP contribution in [0.3, 0.4) is 0 Å². The Labute approximate surface area is 127 Å². The highest BCUT2D eigenvalue weighted by Crippen LogP contribution is 2.08. The largest absolute Gasteiger partial charge is 0.351 e. The molecule has 0 aromatic carbocycles. The van der Waals surface area contributed by atoms with E-state index in [0.717, 1.165) is 18.5 Å². The van der Waals surface area contributed by atoms with Crippen LogP contribution >= 0.6 is 11.3 Å². The van der Waals surface area contributed by atoms with Gasteiger partial charge in [-0.3, -0.25) is 14.7 Å². The highest BCUT2D eigenvalue weighted by Gasteiger charge is 2.08. The molecular formula is C14H18N4O2S. The summed E-state index contributed by atoms with van der Waals surface area (Å²) in [6.07, 6.45) is 2.14. The van der Waals surface area contributed by atoms with E-state index in [9.17, 15) is 9.59 Å². The maximum Gasteiger partial charge on any atom is 0.261 e. The number of hydrogen-bond donors (Lipinski definition) is 3. The van der Waals surface area contributed by atoms with Gasteiger partial charge >= 0.3 is 0 Å². The summed E-state index contributed by atoms with van der Waals surface area (Å²) in [5.41, 5.74) is 0.999. The van der Waals surface area contributed by atoms with E-state index in [0.29, 0.717) is 17.2 Å². The first kappa shape index (κ1) is 15.2. The molecule has 0 saturated heterocycles. The molecule has 0 aliphatic rings. The minimum Gasteiger partial charge on any atom is -0.351 e. The second-order valence-electron chi connectivity index (χ2n) is 4.56. The fourth-order valence-electron chi connectivity index (χ4n) is 1.81. The second kappa shape index (κ2) is 7.58. The molecule has 112 valence electrons. The Morgan fingerprint density at radius 1 is 1.43 bits per heavy atom. The molecule has 0 fully saturated rings. The number of nitrogens with zero attached hydrogens (tertiary/aromatic N) is 1. The molecule has 2 aromatic rings. The van der Waals surface area contributed by atoms with Gasteiger partial charge in [0.1, 0.15) is 0 Å². The highest BCUT2D eigenvalue weighted by atomic mass is 32.1. The number of thiophene rings is 1. The lowest BCUT2D eigenvalue weighted by molar-refractivity contribution is -0.116. The molecule has 0 unspecified atom stereocenters. The summed E-state index contributed by atoms with van der Waals surface area (Å²) in [6.45, 7) is 2.38. The monoisotopic (exact) mass is 306 g/mol. The first-order chi connectivity index (χ1) is 10.2. The molecule has 0 atom stereocenters. The summed E-state index contributed by atoms with van der Waals surface area (Å²) in [6, 6.07) is 5.39. The van der Waals surface area contributed by atoms with Gasteiger partial charge in [0.25, 0.3) is 5.91 Å². The number of aryl methyl sites for hydroxylation is 1. The van der Waals surface area contributed by atoms with Crippen LogP contribution < -0.4 is 10.6 Å². The third kappa shape index (κ3) is 4.71. The first-order valence-electron chi connectivity index (χ1n) is 6.85. The van der Waals surface area contributed by atoms with Gasteiger partial charge in [0.2, 0.25) is 5.91 Å². The number of amides is 2. The van der Waals surface area contributed by atoms with Crippen molar-refractivity contribution in [1.29, 1.82) is 0 Å². The molecule has 0 spiro atoms. The number of aromatic nitrogens is 2. The SMILES string of the molecule is CCCc1cc(NC(=O)CCNC(=O)c2cccs2)n[nH]1. The molecule has 21 heavy (non-hydrogen) atoms. The van der Waals surface area contributed by atoms with Crippen LogP contribution in [0.2, 0.25) is 0 Å². The number of anilines is 1. The lowest BCUT2D eigenvalue weighted by atomic mass is 10.2. The predicted molar refractivity (Wildman–Crippen MR) is 82.5 cm³/mol. The highest BCUT2D eigenvalue weighted by molar-refractivity contribution is 7.12. The maximum absolute atomic E-state index is 11.7. The van der Waals surface area contributed by atoms with Crippen molar-refractivity contribution in [3.63, 3.8) is 0 Å². The van der Waals surface area contributed by atoms with E-state index in [2.05, 4.69) is 27.8 Å². The minimum atomic E-state index is -0.170. The lowest BCUT2D eigenvalue weighted by Gasteiger charge is -2.03. The third-order valence-corrected chi connectivity index (χ3v) is 3.67. The second-order valence-corrected chi connectivity index (χ2v) is 5.51. The number of carbonyl (C=O) groups excluding carboxylic acids is 2. The van der Waals surface area contributed by atoms with Crippen LogP contribution in [-0.4, -0.2) is 28.6 Å². The standard InChI is InChI=1S/C14H18N4O2S/c1-2-4-10-9-12(18-17-10)16-13(19)6-7-15-14(20)11-5-3-8-21-11/h3,5,8-9H,2,4,6-7H2,1H3,(H,15,20)(H2,16,17,18,19). The summed E-state index contributed by atoms with van der Waals surface area (Å²) in [5, 5.41) is 14.1. The van der Waals surface area contributed by atoms with E-state index in [1.165, 1.54) is 11.3 Å². The van der Waals surface area contributed by atoms with Crippen molar-refractivity contribution in [2.45, 2.75) is 26.2 Å². The minimum absolute atomic E-state index is 0.150. The van der Waals surface area contributed by atoms with Crippen LogP contribution in [0.1, 0.15) is 35.1 Å². The van der Waals surface area contributed by atoms with Gasteiger partial charge < -0.3 is 10.6 Å². The number of nitrogens with one attached hydrogen (secondary N) is 3. The van der Waals surface area contributed by atoms with E-state index in [1.807, 2.05) is 17.5 Å². The number of rotatable bonds is 7. The van der Waals surface area contributed by atoms with Crippen molar-refractivity contribution in [3.05, 3.63) is 34.2 Å². The Morgan fingerprint density at radius 2 is 2.29 bits per heavy atom. The summed E-state index contributed by atoms with van der Waals surface area (Å²) < 4.78 is 0. The molecule has 7 heteroatoms. The summed E-state index contributed by atoms with van der Waals surface area (Å²) in [4.78, 5) is 24.1. The molecular weight excluding hydrogens is 288 g/mol. The molecule has 2 aromatic heterocycles. The fraction of sp³-hybridized carbons (Fsp3) is 0.357. The van der Waals surface area contributed by atoms with Gasteiger partial charge in [-0.15, -0.1) is 11.3 Å². The van der Waals surface area contributed by atoms with Gasteiger partial charge in [-0.1, -0.05) is 19.4 Å². The van der Waals surface area contributed by atoms with Crippen molar-refractivity contribution in [1.82, 2.24) is 15.5 Å². The van der Waals surface area contributed by atoms with E-state index in [1.54, 1.807) is 6.07 Å². The van der Waals surface area contributed by atoms with E-state index in [-0.39, 0.29) is 18.2 Å². The lowest BCUT2D eigenvalue weighted by Crippen LogP contribution is -2.27. The zero-order valence-electron chi connectivity index (χ0n) is 11.8. The van der Waals surface area contributed by atoms with Crippen LogP contribution in [0.4, 0.5) is 5.82 Å². The summed E-state index contributed by atoms with van der Waals surface area (Å²) in [5.74, 6) is 0.201. The molecule has 0 bridgehead atoms. The summed E-state index contributed by atoms with van der Waals surface area (Å²) in [7, 11) is 0. The normalized spacial score (nSPS) is 10.3. The van der Waals surface area contributed by atoms with Gasteiger partial charge in [-0.05, 0) is 17.9 Å². The average Bonchev–Trinajstić information content (AvgIpc) is 3.10. The van der Waals surface area contributed by atoms with Crippen LogP contribution in [0.15, 0.2) is 23.6 Å². The van der Waals surface area contributed by atoms with Gasteiger partial charge in [0.05, 0.1) is 4.88 Å². The van der Waals surface area contributed by atoms with Crippen molar-refractivity contribution in [3.8, 4) is 0 Å². The van der Waals surface area contributed by atoms with Gasteiger partial charge in [-0.25, -0.2) is 0 Å². The Morgan fingerprint density at radius 3 is 3.00 bits per heavy atom. The topological polar surface area (TPSA) is 86.9 Å². The molecule has 2 heterocycles. The number of carbonyl (C=O) groups is 2. The van der Waals surface area contributed by atoms with Crippen LogP contribution in [0, 0.1) is 0 Å². The zero-order chi connectivity index (χ0) is 15.1. The quantitative estimate of drug-likeness (QED) is 0.732. The van der Waals surface area contributed by atoms with Crippen molar-refractivity contribution in [2.75, 3.05) is 11.9 Å². The molecule has 0 radical (unpaired) electrons. The molecule has 2 amide bonds. The number of hydrogen-bond acceptors (Lipinski definition) is 4. The average molecular weight is 306 g/mol. The van der Waals surface area contributed by atoms with E-state index in [4.69, 9.17) is 0 Å². The predicted octanol–water partition coefficient (Wildman–Crippen LogP) is 2.18. The van der Waals surface area contributed by atoms with Crippen LogP contribution in [0.5, 0.6) is 0 Å². The Hall–Kier alpha value is -2.15. The smallest absolute Gasteiger partial charge is 0.261 e. The van der Waals surface area contributed by atoms with Crippen molar-refractivity contribution < 1.29 is 9.59 Å². The summed E-state index contributed by atoms with van der Waals surface area (Å²) >= 11 is 1.37. The molecule has 0 aliphatic heterocycles. The van der Waals surface area contributed by atoms with Gasteiger partial charge in [0, 0.05) is 24.7 Å². The molecule has 6 nitrogen and oxygen atoms in total. The van der Waals surface area contributed by atoms with E-state index >= 15 is 0 Å². The Bertz CT molecular complexity index is 592. The molecule has 3 N–H and O–H groups in total. The fourth-order valence-corrected chi connectivity index (χ4v) is 2.45. The van der Waals surface area contributed by atoms with Crippen molar-refractivity contribution >= 4 is 29.0 Å². The number of aromatic amines is 1. The van der Waals surface area contributed by atoms with Crippen LogP contribution in [-0.2, 0) is 11.2 Å². The molecule has 0 saturated carbocycles. The van der Waals surface area contributed by atoms with Crippen LogP contribution in [0.25, 0.3) is 0 Å². The van der Waals surface area contributed by atoms with Gasteiger partial charge in [-0.2, -0.15) is 5.10 Å². The maximum atomic E-state index is 11.7. The Kier molecular flexibility index (Phi) is 5.51. The first-order valence-corrected chi connectivity index (χ1v) is 7.73. The molecule has 2 rings (SSSR count).